The Kier molecular flexibility index (Phi) is 4.50. The van der Waals surface area contributed by atoms with Gasteiger partial charge in [-0.1, -0.05) is 19.9 Å². The average molecular weight is 271 g/mol. The highest BCUT2D eigenvalue weighted by Gasteiger charge is 2.16. The summed E-state index contributed by atoms with van der Waals surface area (Å²) in [5.74, 6) is 2.08. The van der Waals surface area contributed by atoms with Gasteiger partial charge in [0.1, 0.15) is 18.0 Å². The first kappa shape index (κ1) is 14.2. The number of pyridine rings is 1. The Hall–Kier alpha value is -2.17. The molecule has 0 fully saturated rings. The Morgan fingerprint density at radius 2 is 1.85 bits per heavy atom. The molecule has 2 N–H and O–H groups in total. The summed E-state index contributed by atoms with van der Waals surface area (Å²) in [7, 11) is 1.88. The first-order valence-electron chi connectivity index (χ1n) is 6.82. The summed E-state index contributed by atoms with van der Waals surface area (Å²) in [6.45, 7) is 6.38. The first-order chi connectivity index (χ1) is 9.63. The second-order valence-electron chi connectivity index (χ2n) is 5.04. The number of rotatable bonds is 5. The van der Waals surface area contributed by atoms with Crippen molar-refractivity contribution in [1.82, 2.24) is 15.0 Å². The van der Waals surface area contributed by atoms with E-state index in [1.165, 1.54) is 0 Å². The van der Waals surface area contributed by atoms with Gasteiger partial charge in [0.15, 0.2) is 0 Å². The monoisotopic (exact) mass is 271 g/mol. The number of hydrogen-bond acceptors (Lipinski definition) is 5. The number of anilines is 2. The number of nitrogens with one attached hydrogen (secondary N) is 2. The molecule has 0 saturated carbocycles. The average Bonchev–Trinajstić information content (AvgIpc) is 2.47. The molecule has 0 amide bonds. The van der Waals surface area contributed by atoms with Gasteiger partial charge in [-0.3, -0.25) is 4.98 Å². The summed E-state index contributed by atoms with van der Waals surface area (Å²) in [6.07, 6.45) is 5.22. The molecule has 5 nitrogen and oxygen atoms in total. The van der Waals surface area contributed by atoms with Gasteiger partial charge >= 0.3 is 0 Å². The van der Waals surface area contributed by atoms with E-state index in [0.29, 0.717) is 5.92 Å². The van der Waals surface area contributed by atoms with Crippen LogP contribution < -0.4 is 10.6 Å². The van der Waals surface area contributed by atoms with Crippen LogP contribution in [-0.4, -0.2) is 22.0 Å². The van der Waals surface area contributed by atoms with Gasteiger partial charge in [-0.05, 0) is 24.5 Å². The summed E-state index contributed by atoms with van der Waals surface area (Å²) in [5, 5.41) is 6.58. The second kappa shape index (κ2) is 6.32. The van der Waals surface area contributed by atoms with Gasteiger partial charge in [0, 0.05) is 25.0 Å². The van der Waals surface area contributed by atoms with E-state index in [1.54, 1.807) is 12.5 Å². The van der Waals surface area contributed by atoms with Crippen molar-refractivity contribution in [1.29, 1.82) is 0 Å². The molecule has 0 bridgehead atoms. The van der Waals surface area contributed by atoms with E-state index >= 15 is 0 Å². The smallest absolute Gasteiger partial charge is 0.135 e. The Bertz CT molecular complexity index is 553. The fourth-order valence-electron chi connectivity index (χ4n) is 2.18. The molecule has 5 heteroatoms. The Balaban J connectivity index is 2.29. The van der Waals surface area contributed by atoms with Gasteiger partial charge in [0.25, 0.3) is 0 Å². The Morgan fingerprint density at radius 1 is 1.10 bits per heavy atom. The van der Waals surface area contributed by atoms with E-state index in [2.05, 4.69) is 52.4 Å². The van der Waals surface area contributed by atoms with Crippen molar-refractivity contribution >= 4 is 11.6 Å². The largest absolute Gasteiger partial charge is 0.373 e. The van der Waals surface area contributed by atoms with E-state index < -0.39 is 0 Å². The molecule has 0 saturated heterocycles. The van der Waals surface area contributed by atoms with Crippen molar-refractivity contribution in [2.75, 3.05) is 17.7 Å². The van der Waals surface area contributed by atoms with E-state index in [1.807, 2.05) is 19.3 Å². The standard InChI is InChI=1S/C15H21N5/c1-10(2)13-14(16-4)18-9-19-15(13)20-11(3)12-6-5-7-17-8-12/h5-11H,1-4H3,(H2,16,18,19,20). The van der Waals surface area contributed by atoms with Crippen LogP contribution >= 0.6 is 0 Å². The van der Waals surface area contributed by atoms with Gasteiger partial charge in [-0.2, -0.15) is 0 Å². The van der Waals surface area contributed by atoms with Crippen LogP contribution in [0.4, 0.5) is 11.6 Å². The van der Waals surface area contributed by atoms with Crippen LogP contribution in [0, 0.1) is 0 Å². The molecule has 2 rings (SSSR count). The molecule has 2 heterocycles. The fourth-order valence-corrected chi connectivity index (χ4v) is 2.18. The third-order valence-electron chi connectivity index (χ3n) is 3.24. The van der Waals surface area contributed by atoms with Crippen LogP contribution in [0.15, 0.2) is 30.9 Å². The van der Waals surface area contributed by atoms with Crippen LogP contribution in [-0.2, 0) is 0 Å². The third-order valence-corrected chi connectivity index (χ3v) is 3.24. The van der Waals surface area contributed by atoms with Gasteiger partial charge in [-0.15, -0.1) is 0 Å². The van der Waals surface area contributed by atoms with Crippen molar-refractivity contribution in [3.8, 4) is 0 Å². The lowest BCUT2D eigenvalue weighted by Gasteiger charge is -2.20. The predicted octanol–water partition coefficient (Wildman–Crippen LogP) is 3.21. The SMILES string of the molecule is CNc1ncnc(NC(C)c2cccnc2)c1C(C)C. The molecule has 20 heavy (non-hydrogen) atoms. The maximum absolute atomic E-state index is 4.39. The zero-order chi connectivity index (χ0) is 14.5. The van der Waals surface area contributed by atoms with Crippen molar-refractivity contribution in [3.05, 3.63) is 42.0 Å². The summed E-state index contributed by atoms with van der Waals surface area (Å²) >= 11 is 0. The summed E-state index contributed by atoms with van der Waals surface area (Å²) in [6, 6.07) is 4.14. The molecule has 0 aromatic carbocycles. The van der Waals surface area contributed by atoms with Crippen LogP contribution in [0.1, 0.15) is 43.9 Å². The van der Waals surface area contributed by atoms with Crippen molar-refractivity contribution < 1.29 is 0 Å². The molecule has 0 aliphatic carbocycles. The van der Waals surface area contributed by atoms with Crippen molar-refractivity contribution in [2.45, 2.75) is 32.7 Å². The molecule has 2 aromatic heterocycles. The predicted molar refractivity (Wildman–Crippen MR) is 81.9 cm³/mol. The molecule has 0 aliphatic heterocycles. The Labute approximate surface area is 119 Å². The number of aromatic nitrogens is 3. The molecule has 0 spiro atoms. The quantitative estimate of drug-likeness (QED) is 0.874. The van der Waals surface area contributed by atoms with Crippen LogP contribution in [0.5, 0.6) is 0 Å². The third kappa shape index (κ3) is 3.04. The summed E-state index contributed by atoms with van der Waals surface area (Å²) < 4.78 is 0. The summed E-state index contributed by atoms with van der Waals surface area (Å²) in [4.78, 5) is 12.8. The van der Waals surface area contributed by atoms with Crippen LogP contribution in [0.2, 0.25) is 0 Å². The van der Waals surface area contributed by atoms with Crippen molar-refractivity contribution in [2.24, 2.45) is 0 Å². The molecular weight excluding hydrogens is 250 g/mol. The van der Waals surface area contributed by atoms with E-state index in [0.717, 1.165) is 22.8 Å². The first-order valence-corrected chi connectivity index (χ1v) is 6.82. The second-order valence-corrected chi connectivity index (χ2v) is 5.04. The maximum atomic E-state index is 4.39. The van der Waals surface area contributed by atoms with Gasteiger partial charge in [-0.25, -0.2) is 9.97 Å². The zero-order valence-electron chi connectivity index (χ0n) is 12.4. The molecule has 1 atom stereocenters. The lowest BCUT2D eigenvalue weighted by Crippen LogP contribution is -2.13. The normalized spacial score (nSPS) is 12.2. The van der Waals surface area contributed by atoms with Crippen molar-refractivity contribution in [3.63, 3.8) is 0 Å². The van der Waals surface area contributed by atoms with E-state index in [9.17, 15) is 0 Å². The van der Waals surface area contributed by atoms with Crippen LogP contribution in [0.25, 0.3) is 0 Å². The zero-order valence-corrected chi connectivity index (χ0v) is 12.4. The van der Waals surface area contributed by atoms with Gasteiger partial charge < -0.3 is 10.6 Å². The van der Waals surface area contributed by atoms with Gasteiger partial charge in [0.05, 0.1) is 6.04 Å². The maximum Gasteiger partial charge on any atom is 0.135 e. The molecule has 106 valence electrons. The summed E-state index contributed by atoms with van der Waals surface area (Å²) in [5.41, 5.74) is 2.23. The van der Waals surface area contributed by atoms with E-state index in [-0.39, 0.29) is 6.04 Å². The lowest BCUT2D eigenvalue weighted by molar-refractivity contribution is 0.818. The molecule has 0 radical (unpaired) electrons. The molecule has 1 unspecified atom stereocenters. The lowest BCUT2D eigenvalue weighted by atomic mass is 10.0. The highest BCUT2D eigenvalue weighted by atomic mass is 15.1. The van der Waals surface area contributed by atoms with Gasteiger partial charge in [0.2, 0.25) is 0 Å². The topological polar surface area (TPSA) is 62.7 Å². The molecular formula is C15H21N5. The minimum atomic E-state index is 0.140. The highest BCUT2D eigenvalue weighted by molar-refractivity contribution is 5.59. The highest BCUT2D eigenvalue weighted by Crippen LogP contribution is 2.30. The molecule has 2 aromatic rings. The number of hydrogen-bond donors (Lipinski definition) is 2. The van der Waals surface area contributed by atoms with E-state index in [4.69, 9.17) is 0 Å². The minimum absolute atomic E-state index is 0.140. The minimum Gasteiger partial charge on any atom is -0.373 e. The fraction of sp³-hybridized carbons (Fsp3) is 0.400. The van der Waals surface area contributed by atoms with Crippen LogP contribution in [0.3, 0.4) is 0 Å². The Morgan fingerprint density at radius 3 is 2.45 bits per heavy atom. The molecule has 0 aliphatic rings. The number of nitrogens with zero attached hydrogens (tertiary/aromatic N) is 3.